The lowest BCUT2D eigenvalue weighted by Gasteiger charge is -2.54. The maximum Gasteiger partial charge on any atom is 0.249 e. The molecule has 4 N–H and O–H groups in total. The molecule has 0 fully saturated rings. The van der Waals surface area contributed by atoms with E-state index >= 15 is 0 Å². The summed E-state index contributed by atoms with van der Waals surface area (Å²) in [6, 6.07) is 30.1. The number of carbonyl (C=O) groups excluding carboxylic acids is 1. The molecule has 0 saturated carbocycles. The second kappa shape index (κ2) is 8.61. The van der Waals surface area contributed by atoms with Crippen LogP contribution in [0, 0.1) is 16.7 Å². The standard InChI is InChI=1S/C32H25N7O/c1-31(17-32(18-33)24-11-4-2-9-22(24)27(31)23-10-3-5-12-25(23)32)29(40)37-30-36-28(38-39-30)20-8-6-7-19(15-20)21-13-14-26(34)35-16-21/h2-16,27H,17H2,1H3,(H2,34,35)(H2,36,37,38,39,40)/t27?,31-,32?/m0/s1. The Kier molecular flexibility index (Phi) is 5.12. The molecule has 0 saturated heterocycles. The summed E-state index contributed by atoms with van der Waals surface area (Å²) in [5.74, 6) is 0.769. The number of aromatic amines is 1. The zero-order chi connectivity index (χ0) is 27.5. The molecule has 3 aliphatic rings. The molecule has 5 aromatic rings. The Balaban J connectivity index is 1.21. The lowest BCUT2D eigenvalue weighted by molar-refractivity contribution is -0.127. The van der Waals surface area contributed by atoms with E-state index in [1.807, 2.05) is 85.8 Å². The summed E-state index contributed by atoms with van der Waals surface area (Å²) in [4.78, 5) is 22.8. The Hall–Kier alpha value is -5.29. The Labute approximate surface area is 230 Å². The number of carbonyl (C=O) groups is 1. The van der Waals surface area contributed by atoms with Crippen LogP contribution in [0.15, 0.2) is 91.1 Å². The van der Waals surface area contributed by atoms with E-state index < -0.39 is 10.8 Å². The number of pyridine rings is 1. The highest BCUT2D eigenvalue weighted by molar-refractivity contribution is 5.96. The number of hydrogen-bond donors (Lipinski definition) is 3. The number of nitrogens with two attached hydrogens (primary N) is 1. The van der Waals surface area contributed by atoms with E-state index in [4.69, 9.17) is 5.73 Å². The number of nitrogens with one attached hydrogen (secondary N) is 2. The number of nitriles is 1. The average molecular weight is 524 g/mol. The third kappa shape index (κ3) is 3.38. The number of H-pyrrole nitrogens is 1. The van der Waals surface area contributed by atoms with Crippen LogP contribution in [0.1, 0.15) is 41.5 Å². The van der Waals surface area contributed by atoms with Crippen molar-refractivity contribution in [2.24, 2.45) is 5.41 Å². The molecule has 1 atom stereocenters. The quantitative estimate of drug-likeness (QED) is 0.288. The fraction of sp³-hybridized carbons (Fsp3) is 0.156. The molecule has 0 unspecified atom stereocenters. The topological polar surface area (TPSA) is 133 Å². The molecule has 8 rings (SSSR count). The number of anilines is 2. The minimum atomic E-state index is -0.907. The SMILES string of the molecule is C[C@]1(C(=O)Nc2n[nH]c(-c3cccc(-c4ccc(N)nc4)c3)n2)CC2(C#N)c3ccccc3C1c1ccccc12. The van der Waals surface area contributed by atoms with Gasteiger partial charge in [-0.1, -0.05) is 66.7 Å². The maximum absolute atomic E-state index is 14.0. The summed E-state index contributed by atoms with van der Waals surface area (Å²) in [5, 5.41) is 20.8. The molecule has 2 heterocycles. The minimum Gasteiger partial charge on any atom is -0.384 e. The number of rotatable bonds is 4. The van der Waals surface area contributed by atoms with Crippen molar-refractivity contribution < 1.29 is 4.79 Å². The molecule has 40 heavy (non-hydrogen) atoms. The Morgan fingerprint density at radius 2 is 1.68 bits per heavy atom. The van der Waals surface area contributed by atoms with Gasteiger partial charge >= 0.3 is 0 Å². The fourth-order valence-corrected chi connectivity index (χ4v) is 6.60. The smallest absolute Gasteiger partial charge is 0.249 e. The van der Waals surface area contributed by atoms with Crippen LogP contribution in [0.2, 0.25) is 0 Å². The first-order chi connectivity index (χ1) is 19.4. The van der Waals surface area contributed by atoms with Gasteiger partial charge in [0.15, 0.2) is 5.82 Å². The van der Waals surface area contributed by atoms with Gasteiger partial charge in [-0.15, -0.1) is 5.10 Å². The number of aromatic nitrogens is 4. The molecule has 2 bridgehead atoms. The van der Waals surface area contributed by atoms with Crippen molar-refractivity contribution >= 4 is 17.7 Å². The molecular weight excluding hydrogens is 498 g/mol. The summed E-state index contributed by atoms with van der Waals surface area (Å²) >= 11 is 0. The molecule has 0 aliphatic heterocycles. The third-order valence-electron chi connectivity index (χ3n) is 8.41. The summed E-state index contributed by atoms with van der Waals surface area (Å²) < 4.78 is 0. The van der Waals surface area contributed by atoms with Gasteiger partial charge in [-0.2, -0.15) is 10.2 Å². The number of hydrogen-bond acceptors (Lipinski definition) is 6. The van der Waals surface area contributed by atoms with E-state index in [2.05, 4.69) is 31.6 Å². The predicted octanol–water partition coefficient (Wildman–Crippen LogP) is 5.42. The van der Waals surface area contributed by atoms with Gasteiger partial charge in [0, 0.05) is 23.2 Å². The van der Waals surface area contributed by atoms with Gasteiger partial charge < -0.3 is 5.73 Å². The van der Waals surface area contributed by atoms with Crippen LogP contribution in [0.25, 0.3) is 22.5 Å². The van der Waals surface area contributed by atoms with E-state index in [0.29, 0.717) is 18.1 Å². The fourth-order valence-electron chi connectivity index (χ4n) is 6.60. The van der Waals surface area contributed by atoms with Crippen molar-refractivity contribution in [2.45, 2.75) is 24.7 Å². The van der Waals surface area contributed by atoms with Crippen LogP contribution in [0.3, 0.4) is 0 Å². The molecular formula is C32H25N7O. The highest BCUT2D eigenvalue weighted by atomic mass is 16.2. The second-order valence-corrected chi connectivity index (χ2v) is 10.7. The molecule has 3 aromatic carbocycles. The van der Waals surface area contributed by atoms with Crippen LogP contribution >= 0.6 is 0 Å². The first-order valence-corrected chi connectivity index (χ1v) is 13.1. The first-order valence-electron chi connectivity index (χ1n) is 13.1. The van der Waals surface area contributed by atoms with Crippen molar-refractivity contribution in [2.75, 3.05) is 11.1 Å². The van der Waals surface area contributed by atoms with Gasteiger partial charge in [0.1, 0.15) is 11.2 Å². The Morgan fingerprint density at radius 1 is 0.975 bits per heavy atom. The van der Waals surface area contributed by atoms with Gasteiger partial charge in [-0.3, -0.25) is 15.2 Å². The Bertz CT molecular complexity index is 1790. The number of nitrogens with zero attached hydrogens (tertiary/aromatic N) is 4. The zero-order valence-electron chi connectivity index (χ0n) is 21.7. The summed E-state index contributed by atoms with van der Waals surface area (Å²) in [5.41, 5.74) is 10.7. The van der Waals surface area contributed by atoms with Gasteiger partial charge in [-0.25, -0.2) is 4.98 Å². The van der Waals surface area contributed by atoms with Crippen LogP contribution in [0.4, 0.5) is 11.8 Å². The Morgan fingerprint density at radius 3 is 2.35 bits per heavy atom. The zero-order valence-corrected chi connectivity index (χ0v) is 21.7. The third-order valence-corrected chi connectivity index (χ3v) is 8.41. The van der Waals surface area contributed by atoms with E-state index in [9.17, 15) is 10.1 Å². The molecule has 194 valence electrons. The van der Waals surface area contributed by atoms with Gasteiger partial charge in [-0.05, 0) is 59.4 Å². The summed E-state index contributed by atoms with van der Waals surface area (Å²) in [7, 11) is 0. The molecule has 1 amide bonds. The van der Waals surface area contributed by atoms with E-state index in [-0.39, 0.29) is 17.8 Å². The first kappa shape index (κ1) is 23.8. The highest BCUT2D eigenvalue weighted by Gasteiger charge is 2.61. The van der Waals surface area contributed by atoms with Crippen LogP contribution < -0.4 is 11.1 Å². The van der Waals surface area contributed by atoms with Crippen molar-refractivity contribution in [3.8, 4) is 28.6 Å². The lowest BCUT2D eigenvalue weighted by Crippen LogP contribution is -2.53. The van der Waals surface area contributed by atoms with Crippen molar-refractivity contribution in [1.29, 1.82) is 5.26 Å². The molecule has 8 nitrogen and oxygen atoms in total. The lowest BCUT2D eigenvalue weighted by atomic mass is 9.47. The van der Waals surface area contributed by atoms with Gasteiger partial charge in [0.05, 0.1) is 11.5 Å². The second-order valence-electron chi connectivity index (χ2n) is 10.7. The predicted molar refractivity (Wildman–Crippen MR) is 152 cm³/mol. The number of nitrogen functional groups attached to an aromatic ring is 1. The van der Waals surface area contributed by atoms with E-state index in [1.165, 1.54) is 0 Å². The molecule has 3 aliphatic carbocycles. The van der Waals surface area contributed by atoms with Crippen molar-refractivity contribution in [3.63, 3.8) is 0 Å². The average Bonchev–Trinajstić information content (AvgIpc) is 3.46. The van der Waals surface area contributed by atoms with Crippen LogP contribution in [-0.2, 0) is 10.2 Å². The molecule has 2 aromatic heterocycles. The number of benzene rings is 3. The normalized spacial score (nSPS) is 22.1. The van der Waals surface area contributed by atoms with E-state index in [1.54, 1.807) is 12.3 Å². The minimum absolute atomic E-state index is 0.190. The molecule has 0 radical (unpaired) electrons. The molecule has 8 heteroatoms. The summed E-state index contributed by atoms with van der Waals surface area (Å²) in [6.07, 6.45) is 2.10. The highest BCUT2D eigenvalue weighted by Crippen LogP contribution is 2.63. The summed E-state index contributed by atoms with van der Waals surface area (Å²) in [6.45, 7) is 1.95. The van der Waals surface area contributed by atoms with Gasteiger partial charge in [0.2, 0.25) is 11.9 Å². The molecule has 0 spiro atoms. The van der Waals surface area contributed by atoms with Crippen LogP contribution in [0.5, 0.6) is 0 Å². The van der Waals surface area contributed by atoms with E-state index in [0.717, 1.165) is 38.9 Å². The van der Waals surface area contributed by atoms with Crippen molar-refractivity contribution in [1.82, 2.24) is 20.2 Å². The largest absolute Gasteiger partial charge is 0.384 e. The maximum atomic E-state index is 14.0. The number of amides is 1. The number of fused-ring (bicyclic) bond motifs is 1. The van der Waals surface area contributed by atoms with Crippen LogP contribution in [-0.4, -0.2) is 26.1 Å². The van der Waals surface area contributed by atoms with Crippen molar-refractivity contribution in [3.05, 3.63) is 113 Å². The van der Waals surface area contributed by atoms with Gasteiger partial charge in [0.25, 0.3) is 0 Å². The monoisotopic (exact) mass is 523 g/mol.